The number of anilines is 2. The Morgan fingerprint density at radius 3 is 2.57 bits per heavy atom. The van der Waals surface area contributed by atoms with Crippen LogP contribution in [-0.4, -0.2) is 54.9 Å². The summed E-state index contributed by atoms with van der Waals surface area (Å²) in [6.45, 7) is 10.6. The number of benzene rings is 2. The van der Waals surface area contributed by atoms with E-state index in [1.165, 1.54) is 22.5 Å². The van der Waals surface area contributed by atoms with Gasteiger partial charge in [-0.1, -0.05) is 30.3 Å². The van der Waals surface area contributed by atoms with Crippen molar-refractivity contribution in [3.63, 3.8) is 0 Å². The Hall–Kier alpha value is -2.12. The van der Waals surface area contributed by atoms with E-state index in [0.29, 0.717) is 0 Å². The summed E-state index contributed by atoms with van der Waals surface area (Å²) in [7, 11) is 2.29. The molecule has 0 radical (unpaired) electrons. The minimum absolute atomic E-state index is 0.000564. The van der Waals surface area contributed by atoms with Crippen molar-refractivity contribution < 1.29 is 9.47 Å². The molecular weight excluding hydrogens is 436 g/mol. The van der Waals surface area contributed by atoms with Crippen molar-refractivity contribution in [1.82, 2.24) is 10.2 Å². The van der Waals surface area contributed by atoms with E-state index >= 15 is 0 Å². The van der Waals surface area contributed by atoms with Gasteiger partial charge in [-0.2, -0.15) is 0 Å². The molecule has 2 aromatic rings. The van der Waals surface area contributed by atoms with Gasteiger partial charge in [0.05, 0.1) is 23.2 Å². The highest BCUT2D eigenvalue weighted by molar-refractivity contribution is 5.77. The zero-order chi connectivity index (χ0) is 24.0. The molecule has 184 valence electrons. The number of rotatable bonds is 1. The second-order valence-electron chi connectivity index (χ2n) is 12.6. The molecule has 6 aliphatic rings. The molecule has 3 saturated heterocycles. The van der Waals surface area contributed by atoms with Crippen molar-refractivity contribution in [3.8, 4) is 0 Å². The van der Waals surface area contributed by atoms with Gasteiger partial charge in [0.2, 0.25) is 0 Å². The number of fused-ring (bicyclic) bond motifs is 1. The Kier molecular flexibility index (Phi) is 3.74. The Balaban J connectivity index is 1.46. The van der Waals surface area contributed by atoms with Gasteiger partial charge in [0.1, 0.15) is 12.3 Å². The van der Waals surface area contributed by atoms with E-state index in [2.05, 4.69) is 97.6 Å². The lowest BCUT2D eigenvalue weighted by molar-refractivity contribution is -0.162. The molecular formula is C29H36N4O2. The molecule has 3 fully saturated rings. The molecule has 2 aromatic carbocycles. The topological polar surface area (TPSA) is 49.0 Å². The summed E-state index contributed by atoms with van der Waals surface area (Å²) in [5, 5.41) is 8.07. The predicted molar refractivity (Wildman–Crippen MR) is 137 cm³/mol. The van der Waals surface area contributed by atoms with Gasteiger partial charge in [-0.3, -0.25) is 4.90 Å². The third-order valence-electron chi connectivity index (χ3n) is 10.2. The normalized spacial score (nSPS) is 42.8. The van der Waals surface area contributed by atoms with E-state index in [1.54, 1.807) is 5.56 Å². The molecule has 7 atom stereocenters. The van der Waals surface area contributed by atoms with Crippen molar-refractivity contribution in [2.75, 3.05) is 30.4 Å². The summed E-state index contributed by atoms with van der Waals surface area (Å²) in [6.07, 6.45) is 2.71. The van der Waals surface area contributed by atoms with Crippen molar-refractivity contribution >= 4 is 11.4 Å². The van der Waals surface area contributed by atoms with Crippen molar-refractivity contribution in [3.05, 3.63) is 59.2 Å². The highest BCUT2D eigenvalue weighted by Crippen LogP contribution is 2.70. The first-order valence-electron chi connectivity index (χ1n) is 13.3. The molecule has 0 saturated carbocycles. The van der Waals surface area contributed by atoms with Crippen molar-refractivity contribution in [1.29, 1.82) is 0 Å². The van der Waals surface area contributed by atoms with Crippen LogP contribution in [0.4, 0.5) is 11.4 Å². The van der Waals surface area contributed by atoms with Crippen LogP contribution < -0.4 is 15.5 Å². The third-order valence-corrected chi connectivity index (χ3v) is 10.2. The minimum atomic E-state index is -0.600. The highest BCUT2D eigenvalue weighted by atomic mass is 16.8. The number of piperidine rings is 1. The highest BCUT2D eigenvalue weighted by Gasteiger charge is 2.75. The lowest BCUT2D eigenvalue weighted by Gasteiger charge is -2.61. The van der Waals surface area contributed by atoms with E-state index in [9.17, 15) is 0 Å². The van der Waals surface area contributed by atoms with Crippen LogP contribution >= 0.6 is 0 Å². The molecule has 2 spiro atoms. The van der Waals surface area contributed by atoms with Gasteiger partial charge in [-0.05, 0) is 75.9 Å². The summed E-state index contributed by atoms with van der Waals surface area (Å²) >= 11 is 0. The van der Waals surface area contributed by atoms with Crippen LogP contribution in [-0.2, 0) is 20.3 Å². The molecule has 35 heavy (non-hydrogen) atoms. The number of hydrogen-bond donors (Lipinski definition) is 2. The van der Waals surface area contributed by atoms with Gasteiger partial charge in [0.25, 0.3) is 0 Å². The van der Waals surface area contributed by atoms with E-state index in [-0.39, 0.29) is 35.3 Å². The molecule has 6 heterocycles. The number of para-hydroxylation sites is 1. The smallest absolute Gasteiger partial charge is 0.164 e. The number of nitrogens with one attached hydrogen (secondary N) is 2. The molecule has 0 aliphatic carbocycles. The number of ether oxygens (including phenoxy) is 2. The van der Waals surface area contributed by atoms with E-state index < -0.39 is 11.4 Å². The van der Waals surface area contributed by atoms with Gasteiger partial charge < -0.3 is 25.0 Å². The fourth-order valence-corrected chi connectivity index (χ4v) is 9.47. The van der Waals surface area contributed by atoms with Crippen LogP contribution in [0.1, 0.15) is 63.3 Å². The number of nitrogens with zero attached hydrogens (tertiary/aromatic N) is 2. The Morgan fingerprint density at radius 1 is 0.943 bits per heavy atom. The maximum absolute atomic E-state index is 6.79. The van der Waals surface area contributed by atoms with Crippen LogP contribution in [0.25, 0.3) is 0 Å². The molecule has 6 heteroatoms. The van der Waals surface area contributed by atoms with Crippen LogP contribution in [0.15, 0.2) is 42.5 Å². The zero-order valence-electron chi connectivity index (χ0n) is 21.4. The standard InChI is InChI=1S/C29H36N4O2/c1-26(2)23(34-27(3,4)35-26)22-17-9-8-12-20-21(17)29-14-16-33(22)24-28(29,13-15-30-24)18-10-6-7-11-19(18)31-25(29)32(20)5/h6-12,22-25,30-31H,13-16H2,1-5H3/t22-,23-,24+,25+,28-,29-/m0/s1. The second kappa shape index (κ2) is 6.23. The van der Waals surface area contributed by atoms with Crippen molar-refractivity contribution in [2.24, 2.45) is 0 Å². The largest absolute Gasteiger partial charge is 0.364 e. The molecule has 1 unspecified atom stereocenters. The molecule has 2 N–H and O–H groups in total. The molecule has 0 amide bonds. The Bertz CT molecular complexity index is 1260. The quantitative estimate of drug-likeness (QED) is 0.653. The predicted octanol–water partition coefficient (Wildman–Crippen LogP) is 4.07. The van der Waals surface area contributed by atoms with Crippen LogP contribution in [0, 0.1) is 0 Å². The molecule has 6 nitrogen and oxygen atoms in total. The summed E-state index contributed by atoms with van der Waals surface area (Å²) in [5.74, 6) is -0.600. The molecule has 8 rings (SSSR count). The third kappa shape index (κ3) is 2.19. The lowest BCUT2D eigenvalue weighted by Crippen LogP contribution is -2.72. The van der Waals surface area contributed by atoms with Crippen LogP contribution in [0.5, 0.6) is 0 Å². The van der Waals surface area contributed by atoms with Crippen molar-refractivity contribution in [2.45, 2.75) is 87.2 Å². The zero-order valence-corrected chi connectivity index (χ0v) is 21.4. The average Bonchev–Trinajstić information content (AvgIpc) is 3.38. The maximum atomic E-state index is 6.79. The maximum Gasteiger partial charge on any atom is 0.164 e. The molecule has 2 bridgehead atoms. The fraction of sp³-hybridized carbons (Fsp3) is 0.586. The van der Waals surface area contributed by atoms with E-state index in [4.69, 9.17) is 9.47 Å². The molecule has 0 aromatic heterocycles. The Labute approximate surface area is 208 Å². The van der Waals surface area contributed by atoms with E-state index in [0.717, 1.165) is 25.9 Å². The minimum Gasteiger partial charge on any atom is -0.364 e. The second-order valence-corrected chi connectivity index (χ2v) is 12.6. The monoisotopic (exact) mass is 472 g/mol. The summed E-state index contributed by atoms with van der Waals surface area (Å²) in [4.78, 5) is 5.30. The van der Waals surface area contributed by atoms with Crippen LogP contribution in [0.2, 0.25) is 0 Å². The van der Waals surface area contributed by atoms with Crippen LogP contribution in [0.3, 0.4) is 0 Å². The first kappa shape index (κ1) is 21.0. The first-order chi connectivity index (χ1) is 16.7. The van der Waals surface area contributed by atoms with Gasteiger partial charge in [0, 0.05) is 30.4 Å². The fourth-order valence-electron chi connectivity index (χ4n) is 9.47. The average molecular weight is 473 g/mol. The lowest BCUT2D eigenvalue weighted by atomic mass is 9.50. The van der Waals surface area contributed by atoms with Gasteiger partial charge >= 0.3 is 0 Å². The summed E-state index contributed by atoms with van der Waals surface area (Å²) < 4.78 is 13.3. The Morgan fingerprint density at radius 2 is 1.77 bits per heavy atom. The number of hydrogen-bond acceptors (Lipinski definition) is 6. The van der Waals surface area contributed by atoms with Gasteiger partial charge in [-0.15, -0.1) is 0 Å². The van der Waals surface area contributed by atoms with Gasteiger partial charge in [0.15, 0.2) is 5.79 Å². The summed E-state index contributed by atoms with van der Waals surface area (Å²) in [6, 6.07) is 16.2. The van der Waals surface area contributed by atoms with Gasteiger partial charge in [-0.25, -0.2) is 0 Å². The SMILES string of the molecule is CN1c2cccc3c2[C@]24CCN([C@H]5NCC[C@]52c2ccccc2N[C@H]14)[C@@H]3[C@@H]1OC(C)(C)OC1(C)C. The molecule has 6 aliphatic heterocycles. The number of likely N-dealkylation sites (N-methyl/N-ethyl adjacent to an activating group) is 1. The summed E-state index contributed by atoms with van der Waals surface area (Å²) in [5.41, 5.74) is 6.75. The van der Waals surface area contributed by atoms with E-state index in [1.807, 2.05) is 0 Å². The first-order valence-corrected chi connectivity index (χ1v) is 13.3.